The fourth-order valence-electron chi connectivity index (χ4n) is 3.13. The Morgan fingerprint density at radius 1 is 1.22 bits per heavy atom. The molecule has 0 radical (unpaired) electrons. The predicted octanol–water partition coefficient (Wildman–Crippen LogP) is 4.61. The van der Waals surface area contributed by atoms with E-state index >= 15 is 0 Å². The van der Waals surface area contributed by atoms with Crippen molar-refractivity contribution in [2.45, 2.75) is 65.0 Å². The van der Waals surface area contributed by atoms with Gasteiger partial charge in [-0.2, -0.15) is 0 Å². The average molecular weight is 245 g/mol. The molecule has 0 aromatic heterocycles. The van der Waals surface area contributed by atoms with Crippen LogP contribution in [0.2, 0.25) is 0 Å². The molecule has 1 aromatic rings. The highest BCUT2D eigenvalue weighted by molar-refractivity contribution is 5.24. The lowest BCUT2D eigenvalue weighted by atomic mass is 9.84. The minimum Gasteiger partial charge on any atom is -0.307 e. The maximum Gasteiger partial charge on any atom is 0.0294 e. The van der Waals surface area contributed by atoms with Crippen LogP contribution in [0.1, 0.15) is 63.1 Å². The molecule has 1 aliphatic rings. The molecule has 0 heterocycles. The van der Waals surface area contributed by atoms with Gasteiger partial charge in [0.05, 0.1) is 0 Å². The molecule has 1 aliphatic carbocycles. The zero-order chi connectivity index (χ0) is 13.0. The molecule has 1 fully saturated rings. The first kappa shape index (κ1) is 13.6. The van der Waals surface area contributed by atoms with Crippen molar-refractivity contribution in [3.05, 3.63) is 35.4 Å². The van der Waals surface area contributed by atoms with Crippen LogP contribution in [0.25, 0.3) is 0 Å². The summed E-state index contributed by atoms with van der Waals surface area (Å²) in [5.74, 6) is 0.984. The second-order valence-electron chi connectivity index (χ2n) is 5.93. The number of aryl methyl sites for hydroxylation is 1. The van der Waals surface area contributed by atoms with Crippen LogP contribution in [0.15, 0.2) is 24.3 Å². The first-order valence-electron chi connectivity index (χ1n) is 7.51. The SMILES string of the molecule is CCC1CCC(N[C@H](C)c2cccc(C)c2)CC1. The highest BCUT2D eigenvalue weighted by Gasteiger charge is 2.21. The molecule has 1 N–H and O–H groups in total. The van der Waals surface area contributed by atoms with E-state index in [-0.39, 0.29) is 0 Å². The summed E-state index contributed by atoms with van der Waals surface area (Å²) in [5, 5.41) is 3.81. The molecule has 0 bridgehead atoms. The summed E-state index contributed by atoms with van der Waals surface area (Å²) in [6.45, 7) is 6.79. The Bertz CT molecular complexity index is 364. The molecular formula is C17H27N. The molecular weight excluding hydrogens is 218 g/mol. The molecule has 1 atom stereocenters. The molecule has 1 nitrogen and oxygen atoms in total. The minimum absolute atomic E-state index is 0.480. The van der Waals surface area contributed by atoms with E-state index in [4.69, 9.17) is 0 Å². The highest BCUT2D eigenvalue weighted by atomic mass is 14.9. The summed E-state index contributed by atoms with van der Waals surface area (Å²) < 4.78 is 0. The first-order chi connectivity index (χ1) is 8.69. The predicted molar refractivity (Wildman–Crippen MR) is 78.8 cm³/mol. The standard InChI is InChI=1S/C17H27N/c1-4-15-8-10-17(11-9-15)18-14(3)16-7-5-6-13(2)12-16/h5-7,12,14-15,17-18H,4,8-11H2,1-3H3/t14-,15?,17?/m1/s1. The van der Waals surface area contributed by atoms with E-state index in [1.165, 1.54) is 43.2 Å². The van der Waals surface area contributed by atoms with Gasteiger partial charge in [-0.25, -0.2) is 0 Å². The second-order valence-corrected chi connectivity index (χ2v) is 5.93. The molecule has 2 rings (SSSR count). The minimum atomic E-state index is 0.480. The van der Waals surface area contributed by atoms with Crippen LogP contribution < -0.4 is 5.32 Å². The highest BCUT2D eigenvalue weighted by Crippen LogP contribution is 2.28. The van der Waals surface area contributed by atoms with Crippen LogP contribution in [0.4, 0.5) is 0 Å². The van der Waals surface area contributed by atoms with Gasteiger partial charge in [0.25, 0.3) is 0 Å². The molecule has 100 valence electrons. The van der Waals surface area contributed by atoms with E-state index in [1.54, 1.807) is 0 Å². The Morgan fingerprint density at radius 2 is 1.94 bits per heavy atom. The van der Waals surface area contributed by atoms with Gasteiger partial charge < -0.3 is 5.32 Å². The fraction of sp³-hybridized carbons (Fsp3) is 0.647. The van der Waals surface area contributed by atoms with Crippen molar-refractivity contribution in [2.24, 2.45) is 5.92 Å². The van der Waals surface area contributed by atoms with E-state index in [9.17, 15) is 0 Å². The average Bonchev–Trinajstić information content (AvgIpc) is 2.39. The van der Waals surface area contributed by atoms with Gasteiger partial charge >= 0.3 is 0 Å². The van der Waals surface area contributed by atoms with Crippen LogP contribution >= 0.6 is 0 Å². The van der Waals surface area contributed by atoms with Gasteiger partial charge in [-0.3, -0.25) is 0 Å². The van der Waals surface area contributed by atoms with Crippen molar-refractivity contribution < 1.29 is 0 Å². The normalized spacial score (nSPS) is 25.9. The summed E-state index contributed by atoms with van der Waals surface area (Å²) in [6, 6.07) is 10.1. The first-order valence-corrected chi connectivity index (χ1v) is 7.51. The van der Waals surface area contributed by atoms with E-state index in [0.29, 0.717) is 6.04 Å². The van der Waals surface area contributed by atoms with Crippen molar-refractivity contribution in [2.75, 3.05) is 0 Å². The summed E-state index contributed by atoms with van der Waals surface area (Å²) in [6.07, 6.45) is 6.90. The second kappa shape index (κ2) is 6.38. The lowest BCUT2D eigenvalue weighted by Gasteiger charge is -2.31. The summed E-state index contributed by atoms with van der Waals surface area (Å²) in [5.41, 5.74) is 2.78. The van der Waals surface area contributed by atoms with E-state index < -0.39 is 0 Å². The molecule has 1 aromatic carbocycles. The van der Waals surface area contributed by atoms with Gasteiger partial charge in [0.15, 0.2) is 0 Å². The molecule has 18 heavy (non-hydrogen) atoms. The van der Waals surface area contributed by atoms with Gasteiger partial charge in [-0.1, -0.05) is 43.2 Å². The quantitative estimate of drug-likeness (QED) is 0.816. The van der Waals surface area contributed by atoms with Crippen molar-refractivity contribution >= 4 is 0 Å². The van der Waals surface area contributed by atoms with Crippen molar-refractivity contribution in [1.82, 2.24) is 5.32 Å². The number of rotatable bonds is 4. The Labute approximate surface area is 112 Å². The van der Waals surface area contributed by atoms with Crippen molar-refractivity contribution in [3.63, 3.8) is 0 Å². The molecule has 0 saturated heterocycles. The number of nitrogens with one attached hydrogen (secondary N) is 1. The number of hydrogen-bond donors (Lipinski definition) is 1. The van der Waals surface area contributed by atoms with Crippen molar-refractivity contribution in [3.8, 4) is 0 Å². The van der Waals surface area contributed by atoms with Crippen LogP contribution in [0, 0.1) is 12.8 Å². The Hall–Kier alpha value is -0.820. The van der Waals surface area contributed by atoms with Gasteiger partial charge in [-0.15, -0.1) is 0 Å². The third kappa shape index (κ3) is 3.58. The molecule has 0 spiro atoms. The summed E-state index contributed by atoms with van der Waals surface area (Å²) >= 11 is 0. The third-order valence-corrected chi connectivity index (χ3v) is 4.45. The molecule has 1 saturated carbocycles. The van der Waals surface area contributed by atoms with Gasteiger partial charge in [0.1, 0.15) is 0 Å². The Morgan fingerprint density at radius 3 is 2.56 bits per heavy atom. The third-order valence-electron chi connectivity index (χ3n) is 4.45. The Balaban J connectivity index is 1.86. The lowest BCUT2D eigenvalue weighted by Crippen LogP contribution is -2.34. The molecule has 0 aliphatic heterocycles. The molecule has 0 amide bonds. The maximum atomic E-state index is 3.81. The van der Waals surface area contributed by atoms with E-state index in [2.05, 4.69) is 50.4 Å². The Kier molecular flexibility index (Phi) is 4.82. The number of benzene rings is 1. The number of hydrogen-bond acceptors (Lipinski definition) is 1. The maximum absolute atomic E-state index is 3.81. The van der Waals surface area contributed by atoms with Gasteiger partial charge in [0.2, 0.25) is 0 Å². The van der Waals surface area contributed by atoms with E-state index in [1.807, 2.05) is 0 Å². The smallest absolute Gasteiger partial charge is 0.0294 e. The van der Waals surface area contributed by atoms with Crippen LogP contribution in [-0.2, 0) is 0 Å². The lowest BCUT2D eigenvalue weighted by molar-refractivity contribution is 0.273. The largest absolute Gasteiger partial charge is 0.307 e. The topological polar surface area (TPSA) is 12.0 Å². The van der Waals surface area contributed by atoms with Crippen LogP contribution in [0.3, 0.4) is 0 Å². The molecule has 0 unspecified atom stereocenters. The van der Waals surface area contributed by atoms with Crippen molar-refractivity contribution in [1.29, 1.82) is 0 Å². The summed E-state index contributed by atoms with van der Waals surface area (Å²) in [4.78, 5) is 0. The van der Waals surface area contributed by atoms with Crippen LogP contribution in [0.5, 0.6) is 0 Å². The zero-order valence-corrected chi connectivity index (χ0v) is 12.1. The zero-order valence-electron chi connectivity index (χ0n) is 12.1. The fourth-order valence-corrected chi connectivity index (χ4v) is 3.13. The summed E-state index contributed by atoms with van der Waals surface area (Å²) in [7, 11) is 0. The van der Waals surface area contributed by atoms with Crippen LogP contribution in [-0.4, -0.2) is 6.04 Å². The van der Waals surface area contributed by atoms with Gasteiger partial charge in [-0.05, 0) is 51.0 Å². The molecule has 1 heteroatoms. The monoisotopic (exact) mass is 245 g/mol. The van der Waals surface area contributed by atoms with Gasteiger partial charge in [0, 0.05) is 12.1 Å². The van der Waals surface area contributed by atoms with E-state index in [0.717, 1.165) is 12.0 Å².